The van der Waals surface area contributed by atoms with Gasteiger partial charge in [0.2, 0.25) is 0 Å². The first kappa shape index (κ1) is 15.2. The maximum atomic E-state index is 11.8. The van der Waals surface area contributed by atoms with Crippen LogP contribution in [0.2, 0.25) is 0 Å². The molecule has 0 saturated heterocycles. The van der Waals surface area contributed by atoms with Crippen molar-refractivity contribution in [1.82, 2.24) is 5.01 Å². The Balaban J connectivity index is 2.85. The molecule has 0 N–H and O–H groups in total. The van der Waals surface area contributed by atoms with Gasteiger partial charge in [-0.1, -0.05) is 24.3 Å². The fourth-order valence-corrected chi connectivity index (χ4v) is 1.63. The molecule has 1 amide bonds. The molecule has 0 fully saturated rings. The molecule has 104 valence electrons. The molecule has 0 heterocycles. The van der Waals surface area contributed by atoms with Crippen LogP contribution in [-0.2, 0) is 4.74 Å². The maximum absolute atomic E-state index is 11.8. The normalized spacial score (nSPS) is 12.2. The van der Waals surface area contributed by atoms with Crippen LogP contribution < -0.4 is 0 Å². The number of hydrogen-bond acceptors (Lipinski definition) is 3. The third kappa shape index (κ3) is 4.73. The Labute approximate surface area is 115 Å². The van der Waals surface area contributed by atoms with Crippen molar-refractivity contribution in [2.24, 2.45) is 5.10 Å². The second-order valence-electron chi connectivity index (χ2n) is 5.50. The van der Waals surface area contributed by atoms with E-state index in [0.717, 1.165) is 16.8 Å². The highest BCUT2D eigenvalue weighted by atomic mass is 16.6. The monoisotopic (exact) mass is 262 g/mol. The van der Waals surface area contributed by atoms with Crippen LogP contribution in [0.5, 0.6) is 0 Å². The molecule has 0 atom stereocenters. The Morgan fingerprint density at radius 2 is 1.84 bits per heavy atom. The van der Waals surface area contributed by atoms with Crippen LogP contribution in [0.15, 0.2) is 29.4 Å². The van der Waals surface area contributed by atoms with Crippen LogP contribution in [0, 0.1) is 6.92 Å². The summed E-state index contributed by atoms with van der Waals surface area (Å²) in [6.45, 7) is 9.38. The summed E-state index contributed by atoms with van der Waals surface area (Å²) in [6.07, 6.45) is -0.458. The smallest absolute Gasteiger partial charge is 0.430 e. The van der Waals surface area contributed by atoms with Gasteiger partial charge in [0.1, 0.15) is 5.60 Å². The van der Waals surface area contributed by atoms with Gasteiger partial charge in [0.25, 0.3) is 0 Å². The van der Waals surface area contributed by atoms with Gasteiger partial charge in [0.15, 0.2) is 0 Å². The predicted molar refractivity (Wildman–Crippen MR) is 77.4 cm³/mol. The first-order valence-electron chi connectivity index (χ1n) is 6.28. The molecule has 0 spiro atoms. The molecule has 1 aromatic rings. The fourth-order valence-electron chi connectivity index (χ4n) is 1.63. The molecule has 0 aliphatic rings. The van der Waals surface area contributed by atoms with E-state index in [2.05, 4.69) is 5.10 Å². The second-order valence-corrected chi connectivity index (χ2v) is 5.50. The zero-order valence-electron chi connectivity index (χ0n) is 12.5. The number of ether oxygens (including phenoxy) is 1. The molecule has 0 bridgehead atoms. The van der Waals surface area contributed by atoms with Crippen LogP contribution in [0.25, 0.3) is 0 Å². The minimum Gasteiger partial charge on any atom is -0.442 e. The van der Waals surface area contributed by atoms with Gasteiger partial charge in [-0.3, -0.25) is 0 Å². The minimum absolute atomic E-state index is 0.458. The SMILES string of the molecule is C/C(=N\N(C)C(=O)OC(C)(C)C)c1ccccc1C. The van der Waals surface area contributed by atoms with Crippen LogP contribution >= 0.6 is 0 Å². The fraction of sp³-hybridized carbons (Fsp3) is 0.467. The Morgan fingerprint density at radius 1 is 1.26 bits per heavy atom. The van der Waals surface area contributed by atoms with E-state index < -0.39 is 11.7 Å². The summed E-state index contributed by atoms with van der Waals surface area (Å²) >= 11 is 0. The van der Waals surface area contributed by atoms with E-state index in [4.69, 9.17) is 4.74 Å². The van der Waals surface area contributed by atoms with Gasteiger partial charge in [-0.25, -0.2) is 9.80 Å². The summed E-state index contributed by atoms with van der Waals surface area (Å²) < 4.78 is 5.25. The van der Waals surface area contributed by atoms with Crippen molar-refractivity contribution in [1.29, 1.82) is 0 Å². The first-order valence-corrected chi connectivity index (χ1v) is 6.28. The van der Waals surface area contributed by atoms with E-state index in [1.165, 1.54) is 5.01 Å². The van der Waals surface area contributed by atoms with E-state index >= 15 is 0 Å². The molecule has 0 aliphatic heterocycles. The number of nitrogens with zero attached hydrogens (tertiary/aromatic N) is 2. The van der Waals surface area contributed by atoms with Gasteiger partial charge in [-0.15, -0.1) is 0 Å². The second kappa shape index (κ2) is 5.87. The number of rotatable bonds is 2. The molecule has 4 heteroatoms. The number of benzene rings is 1. The third-order valence-electron chi connectivity index (χ3n) is 2.49. The van der Waals surface area contributed by atoms with E-state index in [0.29, 0.717) is 0 Å². The number of hydrazone groups is 1. The van der Waals surface area contributed by atoms with Gasteiger partial charge in [0.05, 0.1) is 5.71 Å². The Kier molecular flexibility index (Phi) is 4.70. The lowest BCUT2D eigenvalue weighted by atomic mass is 10.1. The van der Waals surface area contributed by atoms with Crippen molar-refractivity contribution in [2.45, 2.75) is 40.2 Å². The van der Waals surface area contributed by atoms with Crippen LogP contribution in [-0.4, -0.2) is 29.5 Å². The van der Waals surface area contributed by atoms with Crippen molar-refractivity contribution in [2.75, 3.05) is 7.05 Å². The molecular weight excluding hydrogens is 240 g/mol. The number of hydrogen-bond donors (Lipinski definition) is 0. The molecule has 0 aromatic heterocycles. The molecule has 0 radical (unpaired) electrons. The molecule has 0 saturated carbocycles. The molecule has 1 aromatic carbocycles. The Bertz CT molecular complexity index is 487. The van der Waals surface area contributed by atoms with Crippen LogP contribution in [0.1, 0.15) is 38.8 Å². The number of aryl methyl sites for hydroxylation is 1. The zero-order valence-corrected chi connectivity index (χ0v) is 12.5. The summed E-state index contributed by atoms with van der Waals surface area (Å²) in [7, 11) is 1.59. The Hall–Kier alpha value is -1.84. The quantitative estimate of drug-likeness (QED) is 0.604. The molecule has 1 rings (SSSR count). The highest BCUT2D eigenvalue weighted by Crippen LogP contribution is 2.12. The third-order valence-corrected chi connectivity index (χ3v) is 2.49. The summed E-state index contributed by atoms with van der Waals surface area (Å²) in [5.41, 5.74) is 2.42. The lowest BCUT2D eigenvalue weighted by Gasteiger charge is -2.22. The highest BCUT2D eigenvalue weighted by molar-refractivity contribution is 6.00. The molecular formula is C15H22N2O2. The standard InChI is InChI=1S/C15H22N2O2/c1-11-9-7-8-10-13(11)12(2)16-17(6)14(18)19-15(3,4)5/h7-10H,1-6H3/b16-12+. The van der Waals surface area contributed by atoms with E-state index in [1.807, 2.05) is 58.9 Å². The van der Waals surface area contributed by atoms with Crippen molar-refractivity contribution < 1.29 is 9.53 Å². The van der Waals surface area contributed by atoms with Crippen molar-refractivity contribution >= 4 is 11.8 Å². The molecule has 4 nitrogen and oxygen atoms in total. The summed E-state index contributed by atoms with van der Waals surface area (Å²) in [4.78, 5) is 11.8. The minimum atomic E-state index is -0.516. The van der Waals surface area contributed by atoms with E-state index in [1.54, 1.807) is 7.05 Å². The number of amides is 1. The van der Waals surface area contributed by atoms with Gasteiger partial charge in [-0.2, -0.15) is 5.10 Å². The summed E-state index contributed by atoms with van der Waals surface area (Å²) in [5.74, 6) is 0. The van der Waals surface area contributed by atoms with Crippen molar-refractivity contribution in [3.05, 3.63) is 35.4 Å². The topological polar surface area (TPSA) is 41.9 Å². The average Bonchev–Trinajstić information content (AvgIpc) is 2.27. The van der Waals surface area contributed by atoms with Crippen LogP contribution in [0.4, 0.5) is 4.79 Å². The van der Waals surface area contributed by atoms with Crippen molar-refractivity contribution in [3.8, 4) is 0 Å². The summed E-state index contributed by atoms with van der Waals surface area (Å²) in [6, 6.07) is 7.93. The van der Waals surface area contributed by atoms with Crippen LogP contribution in [0.3, 0.4) is 0 Å². The van der Waals surface area contributed by atoms with Gasteiger partial charge in [0, 0.05) is 12.6 Å². The highest BCUT2D eigenvalue weighted by Gasteiger charge is 2.19. The Morgan fingerprint density at radius 3 is 2.37 bits per heavy atom. The molecule has 0 aliphatic carbocycles. The lowest BCUT2D eigenvalue weighted by molar-refractivity contribution is 0.0303. The molecule has 0 unspecified atom stereocenters. The van der Waals surface area contributed by atoms with Crippen molar-refractivity contribution in [3.63, 3.8) is 0 Å². The first-order chi connectivity index (χ1) is 8.70. The largest absolute Gasteiger partial charge is 0.442 e. The maximum Gasteiger partial charge on any atom is 0.430 e. The zero-order chi connectivity index (χ0) is 14.6. The predicted octanol–water partition coefficient (Wildman–Crippen LogP) is 3.59. The number of carbonyl (C=O) groups is 1. The number of carbonyl (C=O) groups excluding carboxylic acids is 1. The summed E-state index contributed by atoms with van der Waals surface area (Å²) in [5, 5.41) is 5.50. The average molecular weight is 262 g/mol. The lowest BCUT2D eigenvalue weighted by Crippen LogP contribution is -2.31. The van der Waals surface area contributed by atoms with E-state index in [9.17, 15) is 4.79 Å². The van der Waals surface area contributed by atoms with Gasteiger partial charge < -0.3 is 4.74 Å². The van der Waals surface area contributed by atoms with Gasteiger partial charge >= 0.3 is 6.09 Å². The molecule has 19 heavy (non-hydrogen) atoms. The van der Waals surface area contributed by atoms with E-state index in [-0.39, 0.29) is 0 Å². The van der Waals surface area contributed by atoms with Gasteiger partial charge in [-0.05, 0) is 40.2 Å².